The molecule has 3 nitrogen and oxygen atoms in total. The van der Waals surface area contributed by atoms with E-state index in [9.17, 15) is 18.0 Å². The molecule has 0 bridgehead atoms. The van der Waals surface area contributed by atoms with Gasteiger partial charge in [0.05, 0.1) is 17.5 Å². The minimum absolute atomic E-state index is 0.0494. The van der Waals surface area contributed by atoms with Gasteiger partial charge in [-0.25, -0.2) is 0 Å². The van der Waals surface area contributed by atoms with Crippen LogP contribution in [-0.2, 0) is 6.18 Å². The van der Waals surface area contributed by atoms with Gasteiger partial charge in [0.1, 0.15) is 0 Å². The van der Waals surface area contributed by atoms with Gasteiger partial charge in [0, 0.05) is 3.57 Å². The lowest BCUT2D eigenvalue weighted by atomic mass is 10.1. The summed E-state index contributed by atoms with van der Waals surface area (Å²) in [6.45, 7) is 0. The Bertz CT molecular complexity index is 594. The number of nitrogens with one attached hydrogen (secondary N) is 1. The number of anilines is 1. The zero-order valence-electron chi connectivity index (χ0n) is 9.29. The van der Waals surface area contributed by atoms with Gasteiger partial charge in [-0.2, -0.15) is 13.2 Å². The van der Waals surface area contributed by atoms with Crippen molar-refractivity contribution in [2.24, 2.45) is 0 Å². The Morgan fingerprint density at radius 2 is 2.00 bits per heavy atom. The number of rotatable bonds is 2. The van der Waals surface area contributed by atoms with Crippen molar-refractivity contribution in [3.05, 3.63) is 51.5 Å². The molecule has 2 rings (SSSR count). The van der Waals surface area contributed by atoms with Crippen LogP contribution in [0.1, 0.15) is 16.1 Å². The molecule has 1 amide bonds. The highest BCUT2D eigenvalue weighted by atomic mass is 127. The Balaban J connectivity index is 2.33. The second-order valence-electron chi connectivity index (χ2n) is 3.62. The van der Waals surface area contributed by atoms with Crippen LogP contribution in [0.3, 0.4) is 0 Å². The molecule has 0 saturated carbocycles. The molecule has 0 aliphatic carbocycles. The highest BCUT2D eigenvalue weighted by molar-refractivity contribution is 14.1. The molecule has 0 unspecified atom stereocenters. The van der Waals surface area contributed by atoms with Crippen molar-refractivity contribution in [1.82, 2.24) is 0 Å². The van der Waals surface area contributed by atoms with Gasteiger partial charge in [0.15, 0.2) is 5.76 Å². The Hall–Kier alpha value is -1.51. The summed E-state index contributed by atoms with van der Waals surface area (Å²) in [5, 5.41) is 2.19. The molecular weight excluding hydrogens is 374 g/mol. The quantitative estimate of drug-likeness (QED) is 0.795. The molecule has 0 fully saturated rings. The number of hydrogen-bond donors (Lipinski definition) is 1. The van der Waals surface area contributed by atoms with Crippen LogP contribution in [0.15, 0.2) is 41.0 Å². The molecule has 0 aliphatic rings. The summed E-state index contributed by atoms with van der Waals surface area (Å²) in [5.41, 5.74) is -1.19. The van der Waals surface area contributed by atoms with Crippen molar-refractivity contribution in [2.75, 3.05) is 5.32 Å². The number of amides is 1. The fraction of sp³-hybridized carbons (Fsp3) is 0.0833. The second kappa shape index (κ2) is 5.24. The Morgan fingerprint density at radius 1 is 1.26 bits per heavy atom. The van der Waals surface area contributed by atoms with Crippen molar-refractivity contribution in [1.29, 1.82) is 0 Å². The van der Waals surface area contributed by atoms with Gasteiger partial charge in [0.25, 0.3) is 5.91 Å². The maximum Gasteiger partial charge on any atom is 0.418 e. The molecule has 0 saturated heterocycles. The number of carbonyl (C=O) groups excluding carboxylic acids is 1. The van der Waals surface area contributed by atoms with Crippen molar-refractivity contribution < 1.29 is 22.4 Å². The zero-order chi connectivity index (χ0) is 14.0. The predicted molar refractivity (Wildman–Crippen MR) is 70.8 cm³/mol. The number of furan rings is 1. The molecule has 1 aromatic heterocycles. The van der Waals surface area contributed by atoms with Gasteiger partial charge in [-0.05, 0) is 52.9 Å². The molecule has 1 N–H and O–H groups in total. The van der Waals surface area contributed by atoms with Crippen LogP contribution in [0.2, 0.25) is 0 Å². The molecular formula is C12H7F3INO2. The van der Waals surface area contributed by atoms with Gasteiger partial charge in [-0.15, -0.1) is 0 Å². The summed E-state index contributed by atoms with van der Waals surface area (Å²) < 4.78 is 43.8. The summed E-state index contributed by atoms with van der Waals surface area (Å²) in [6, 6.07) is 6.51. The fourth-order valence-corrected chi connectivity index (χ4v) is 1.94. The van der Waals surface area contributed by atoms with E-state index >= 15 is 0 Å². The summed E-state index contributed by atoms with van der Waals surface area (Å²) in [5.74, 6) is -0.775. The van der Waals surface area contributed by atoms with Crippen molar-refractivity contribution >= 4 is 34.2 Å². The first kappa shape index (κ1) is 13.9. The van der Waals surface area contributed by atoms with Crippen LogP contribution in [0.4, 0.5) is 18.9 Å². The lowest BCUT2D eigenvalue weighted by Crippen LogP contribution is -2.16. The molecule has 0 spiro atoms. The predicted octanol–water partition coefficient (Wildman–Crippen LogP) is 4.16. The van der Waals surface area contributed by atoms with Crippen molar-refractivity contribution in [3.8, 4) is 0 Å². The third-order valence-corrected chi connectivity index (χ3v) is 2.95. The van der Waals surface area contributed by atoms with E-state index in [1.807, 2.05) is 0 Å². The van der Waals surface area contributed by atoms with Crippen molar-refractivity contribution in [2.45, 2.75) is 6.18 Å². The smallest absolute Gasteiger partial charge is 0.418 e. The molecule has 0 atom stereocenters. The third kappa shape index (κ3) is 3.28. The summed E-state index contributed by atoms with van der Waals surface area (Å²) >= 11 is 1.78. The lowest BCUT2D eigenvalue weighted by Gasteiger charge is -2.13. The topological polar surface area (TPSA) is 42.2 Å². The maximum atomic E-state index is 12.8. The summed E-state index contributed by atoms with van der Waals surface area (Å²) in [6.07, 6.45) is -3.26. The average Bonchev–Trinajstić information content (AvgIpc) is 2.83. The van der Waals surface area contributed by atoms with E-state index in [0.29, 0.717) is 3.57 Å². The molecule has 19 heavy (non-hydrogen) atoms. The van der Waals surface area contributed by atoms with E-state index in [2.05, 4.69) is 5.32 Å². The van der Waals surface area contributed by atoms with Crippen LogP contribution < -0.4 is 5.32 Å². The highest BCUT2D eigenvalue weighted by Gasteiger charge is 2.34. The molecule has 0 radical (unpaired) electrons. The van der Waals surface area contributed by atoms with Crippen LogP contribution in [0, 0.1) is 3.57 Å². The molecule has 100 valence electrons. The average molecular weight is 381 g/mol. The van der Waals surface area contributed by atoms with E-state index in [-0.39, 0.29) is 11.4 Å². The fourth-order valence-electron chi connectivity index (χ4n) is 1.45. The van der Waals surface area contributed by atoms with E-state index in [4.69, 9.17) is 4.42 Å². The molecule has 0 aliphatic heterocycles. The number of benzene rings is 1. The van der Waals surface area contributed by atoms with Crippen LogP contribution in [0.25, 0.3) is 0 Å². The highest BCUT2D eigenvalue weighted by Crippen LogP contribution is 2.35. The van der Waals surface area contributed by atoms with Crippen LogP contribution in [0.5, 0.6) is 0 Å². The maximum absolute atomic E-state index is 12.8. The standard InChI is InChI=1S/C12H7F3INO2/c13-12(14,15)8-6-7(16)3-4-9(8)17-11(18)10-2-1-5-19-10/h1-6H,(H,17,18). The zero-order valence-corrected chi connectivity index (χ0v) is 11.4. The molecule has 7 heteroatoms. The van der Waals surface area contributed by atoms with Gasteiger partial charge in [0.2, 0.25) is 0 Å². The van der Waals surface area contributed by atoms with Gasteiger partial charge in [-0.3, -0.25) is 4.79 Å². The number of alkyl halides is 3. The summed E-state index contributed by atoms with van der Waals surface area (Å²) in [7, 11) is 0. The number of hydrogen-bond acceptors (Lipinski definition) is 2. The monoisotopic (exact) mass is 381 g/mol. The Morgan fingerprint density at radius 3 is 2.58 bits per heavy atom. The minimum atomic E-state index is -4.53. The summed E-state index contributed by atoms with van der Waals surface area (Å²) in [4.78, 5) is 11.7. The molecule has 2 aromatic rings. The van der Waals surface area contributed by atoms with Gasteiger partial charge >= 0.3 is 6.18 Å². The third-order valence-electron chi connectivity index (χ3n) is 2.28. The van der Waals surface area contributed by atoms with Crippen LogP contribution in [-0.4, -0.2) is 5.91 Å². The van der Waals surface area contributed by atoms with Crippen molar-refractivity contribution in [3.63, 3.8) is 0 Å². The Kier molecular flexibility index (Phi) is 3.83. The molecule has 1 heterocycles. The van der Waals surface area contributed by atoms with Crippen LogP contribution >= 0.6 is 22.6 Å². The largest absolute Gasteiger partial charge is 0.459 e. The minimum Gasteiger partial charge on any atom is -0.459 e. The normalized spacial score (nSPS) is 11.4. The SMILES string of the molecule is O=C(Nc1ccc(I)cc1C(F)(F)F)c1ccco1. The Labute approximate surface area is 119 Å². The second-order valence-corrected chi connectivity index (χ2v) is 4.86. The van der Waals surface area contributed by atoms with Gasteiger partial charge < -0.3 is 9.73 Å². The van der Waals surface area contributed by atoms with E-state index in [0.717, 1.165) is 6.07 Å². The first-order valence-electron chi connectivity index (χ1n) is 5.09. The van der Waals surface area contributed by atoms with Gasteiger partial charge in [-0.1, -0.05) is 0 Å². The molecule has 1 aromatic carbocycles. The van der Waals surface area contributed by atoms with E-state index in [1.165, 1.54) is 30.5 Å². The van der Waals surface area contributed by atoms with E-state index < -0.39 is 17.6 Å². The first-order valence-corrected chi connectivity index (χ1v) is 6.17. The number of carbonyl (C=O) groups is 1. The number of halogens is 4. The first-order chi connectivity index (χ1) is 8.88. The lowest BCUT2D eigenvalue weighted by molar-refractivity contribution is -0.137. The van der Waals surface area contributed by atoms with E-state index in [1.54, 1.807) is 22.6 Å².